The Morgan fingerprint density at radius 2 is 1.22 bits per heavy atom. The highest BCUT2D eigenvalue weighted by molar-refractivity contribution is 5.67. The number of anilines is 2. The molecule has 16 nitrogen and oxygen atoms in total. The molecule has 0 aromatic carbocycles. The Morgan fingerprint density at radius 1 is 0.764 bits per heavy atom. The smallest absolute Gasteiger partial charge is 0.161 e. The molecule has 6 rings (SSSR count). The summed E-state index contributed by atoms with van der Waals surface area (Å²) in [5, 5.41) is 27.5. The molecule has 2 aliphatic carbocycles. The maximum Gasteiger partial charge on any atom is 0.161 e. The van der Waals surface area contributed by atoms with E-state index in [0.29, 0.717) is 41.4 Å². The summed E-state index contributed by atoms with van der Waals surface area (Å²) >= 11 is 0. The molecule has 2 unspecified atom stereocenters. The second-order valence-corrected chi connectivity index (χ2v) is 13.2. The molecule has 0 bridgehead atoms. The number of rotatable bonds is 16. The highest BCUT2D eigenvalue weighted by Crippen LogP contribution is 2.40. The van der Waals surface area contributed by atoms with Gasteiger partial charge in [-0.25, -0.2) is 19.9 Å². The van der Waals surface area contributed by atoms with Crippen LogP contribution in [0.3, 0.4) is 0 Å². The molecule has 4 aromatic heterocycles. The summed E-state index contributed by atoms with van der Waals surface area (Å²) in [6.07, 6.45) is 5.56. The Balaban J connectivity index is 0.000000242. The second kappa shape index (κ2) is 20.1. The van der Waals surface area contributed by atoms with Crippen LogP contribution in [0.1, 0.15) is 97.4 Å². The van der Waals surface area contributed by atoms with Crippen LogP contribution < -0.4 is 11.5 Å². The normalized spacial score (nSPS) is 24.2. The Hall–Kier alpha value is -5.00. The first-order valence-corrected chi connectivity index (χ1v) is 18.0. The highest BCUT2D eigenvalue weighted by atomic mass is 16.7. The molecular weight excluding hydrogens is 701 g/mol. The first kappa shape index (κ1) is 32.3. The van der Waals surface area contributed by atoms with Gasteiger partial charge in [-0.15, -0.1) is 0 Å². The summed E-state index contributed by atoms with van der Waals surface area (Å²) in [6.45, 7) is 1.04. The van der Waals surface area contributed by atoms with Crippen LogP contribution >= 0.6 is 0 Å². The average molecular weight is 762 g/mol. The molecule has 2 aliphatic rings. The standard InChI is InChI=1S/C20H28N6O2.C19H26N6O2/c1-13-4-5-14(8-13)17(6-7-21)26-11-15(10-25-26)19-16(9-18(27-2)28-3)20(22)24-12-23-19;1-26-17(27-2)9-15-18(22-12-23-19(15)21)14-10-24-25(11-14)16(7-8-20)13-5-3-4-6-13/h10-14,17-18H,4-6,8-9H2,1-3H3,(H2,22,23,24);10-13,16-17H,3-7,9H2,1-2H3,(H2,21,22,23)/t13?,14?,17-;16-/m11/s1/i4D2,5D2,8D2,13D;. The summed E-state index contributed by atoms with van der Waals surface area (Å²) in [4.78, 5) is 16.8. The van der Waals surface area contributed by atoms with Crippen LogP contribution in [0.4, 0.5) is 11.6 Å². The molecule has 0 amide bonds. The Bertz CT molecular complexity index is 2190. The fourth-order valence-corrected chi connectivity index (χ4v) is 6.95. The summed E-state index contributed by atoms with van der Waals surface area (Å²) in [7, 11) is 6.11. The van der Waals surface area contributed by atoms with Gasteiger partial charge in [-0.05, 0) is 43.3 Å². The van der Waals surface area contributed by atoms with Gasteiger partial charge in [0.05, 0.1) is 60.8 Å². The number of hydrogen-bond donors (Lipinski definition) is 2. The van der Waals surface area contributed by atoms with E-state index >= 15 is 0 Å². The number of nitrogen functional groups attached to an aromatic ring is 2. The van der Waals surface area contributed by atoms with E-state index in [1.54, 1.807) is 20.4 Å². The van der Waals surface area contributed by atoms with Crippen molar-refractivity contribution in [1.82, 2.24) is 39.5 Å². The van der Waals surface area contributed by atoms with Gasteiger partial charge in [0, 0.05) is 85.5 Å². The van der Waals surface area contributed by atoms with Crippen LogP contribution in [0.5, 0.6) is 0 Å². The van der Waals surface area contributed by atoms with E-state index in [2.05, 4.69) is 36.2 Å². The predicted octanol–water partition coefficient (Wildman–Crippen LogP) is 5.70. The van der Waals surface area contributed by atoms with E-state index in [0.717, 1.165) is 36.6 Å². The molecule has 55 heavy (non-hydrogen) atoms. The molecule has 4 N–H and O–H groups in total. The molecule has 16 heteroatoms. The van der Waals surface area contributed by atoms with E-state index in [1.165, 1.54) is 56.8 Å². The molecule has 0 aliphatic heterocycles. The first-order chi connectivity index (χ1) is 29.4. The molecule has 4 atom stereocenters. The van der Waals surface area contributed by atoms with E-state index < -0.39 is 49.6 Å². The van der Waals surface area contributed by atoms with Gasteiger partial charge >= 0.3 is 0 Å². The van der Waals surface area contributed by atoms with Crippen molar-refractivity contribution >= 4 is 11.6 Å². The summed E-state index contributed by atoms with van der Waals surface area (Å²) < 4.78 is 83.2. The largest absolute Gasteiger partial charge is 0.383 e. The summed E-state index contributed by atoms with van der Waals surface area (Å²) in [6, 6.07) is 3.14. The molecular formula is C39H54N12O4. The zero-order chi connectivity index (χ0) is 45.6. The number of nitrogens with zero attached hydrogens (tertiary/aromatic N) is 10. The van der Waals surface area contributed by atoms with Crippen molar-refractivity contribution in [3.63, 3.8) is 0 Å². The topological polar surface area (TPSA) is 224 Å². The summed E-state index contributed by atoms with van der Waals surface area (Å²) in [5.74, 6) is -3.00. The number of ether oxygens (including phenoxy) is 4. The first-order valence-electron chi connectivity index (χ1n) is 21.5. The third kappa shape index (κ3) is 10.2. The van der Waals surface area contributed by atoms with E-state index in [1.807, 2.05) is 16.9 Å². The molecule has 0 saturated heterocycles. The zero-order valence-corrected chi connectivity index (χ0v) is 31.8. The van der Waals surface area contributed by atoms with Crippen LogP contribution in [0.15, 0.2) is 37.4 Å². The molecule has 2 saturated carbocycles. The maximum absolute atomic E-state index is 9.48. The van der Waals surface area contributed by atoms with Gasteiger partial charge in [-0.1, -0.05) is 26.1 Å². The van der Waals surface area contributed by atoms with E-state index in [4.69, 9.17) is 40.0 Å². The minimum absolute atomic E-state index is 0.0968. The molecule has 0 radical (unpaired) electrons. The van der Waals surface area contributed by atoms with Crippen LogP contribution in [0, 0.1) is 40.4 Å². The maximum atomic E-state index is 9.48. The molecule has 294 valence electrons. The summed E-state index contributed by atoms with van der Waals surface area (Å²) in [5.41, 5.74) is 15.9. The minimum atomic E-state index is -2.83. The van der Waals surface area contributed by atoms with Crippen LogP contribution in [0.25, 0.3) is 22.5 Å². The van der Waals surface area contributed by atoms with Crippen molar-refractivity contribution < 1.29 is 28.5 Å². The fraction of sp³-hybridized carbons (Fsp3) is 0.590. The molecule has 4 aromatic rings. The minimum Gasteiger partial charge on any atom is -0.383 e. The zero-order valence-electron chi connectivity index (χ0n) is 38.8. The van der Waals surface area contributed by atoms with Crippen LogP contribution in [-0.2, 0) is 31.8 Å². The Morgan fingerprint density at radius 3 is 1.62 bits per heavy atom. The monoisotopic (exact) mass is 761 g/mol. The van der Waals surface area contributed by atoms with Crippen molar-refractivity contribution in [2.24, 2.45) is 17.7 Å². The predicted molar refractivity (Wildman–Crippen MR) is 205 cm³/mol. The second-order valence-electron chi connectivity index (χ2n) is 13.2. The van der Waals surface area contributed by atoms with Gasteiger partial charge in [0.25, 0.3) is 0 Å². The molecule has 4 heterocycles. The quantitative estimate of drug-likeness (QED) is 0.131. The van der Waals surface area contributed by atoms with Gasteiger partial charge in [0.2, 0.25) is 0 Å². The van der Waals surface area contributed by atoms with E-state index in [9.17, 15) is 10.5 Å². The van der Waals surface area contributed by atoms with Gasteiger partial charge in [0.15, 0.2) is 12.6 Å². The average Bonchev–Trinajstić information content (AvgIpc) is 4.06. The lowest BCUT2D eigenvalue weighted by molar-refractivity contribution is -0.100. The fourth-order valence-electron chi connectivity index (χ4n) is 6.95. The van der Waals surface area contributed by atoms with Crippen molar-refractivity contribution in [3.8, 4) is 34.7 Å². The number of nitriles is 2. The Labute approximate surface area is 333 Å². The number of aromatic nitrogens is 8. The molecule has 2 fully saturated rings. The van der Waals surface area contributed by atoms with Crippen molar-refractivity contribution in [3.05, 3.63) is 48.6 Å². The molecule has 0 spiro atoms. The Kier molecular flexibility index (Phi) is 11.8. The number of methoxy groups -OCH3 is 4. The van der Waals surface area contributed by atoms with Gasteiger partial charge in [0.1, 0.15) is 24.3 Å². The van der Waals surface area contributed by atoms with E-state index in [-0.39, 0.29) is 24.7 Å². The van der Waals surface area contributed by atoms with Gasteiger partial charge in [-0.3, -0.25) is 9.36 Å². The van der Waals surface area contributed by atoms with Crippen molar-refractivity contribution in [1.29, 1.82) is 10.5 Å². The highest BCUT2D eigenvalue weighted by Gasteiger charge is 2.31. The third-order valence-electron chi connectivity index (χ3n) is 9.90. The third-order valence-corrected chi connectivity index (χ3v) is 9.90. The lowest BCUT2D eigenvalue weighted by atomic mass is 9.95. The number of nitrogens with two attached hydrogens (primary N) is 2. The lowest BCUT2D eigenvalue weighted by Gasteiger charge is -2.21. The van der Waals surface area contributed by atoms with Gasteiger partial charge in [-0.2, -0.15) is 20.7 Å². The van der Waals surface area contributed by atoms with Crippen molar-refractivity contribution in [2.45, 2.75) is 102 Å². The number of hydrogen-bond acceptors (Lipinski definition) is 14. The van der Waals surface area contributed by atoms with Crippen molar-refractivity contribution in [2.75, 3.05) is 39.9 Å². The van der Waals surface area contributed by atoms with Gasteiger partial charge < -0.3 is 30.4 Å². The SMILES string of the molecule is COC(Cc1c(N)ncnc1-c1cnn([C@H](CC#N)C2CCCC2)c1)OC.[2H]C1([2H])C([C@@H](CC#N)n2cc(-c3ncnc(N)c3CC(OC)OC)cn2)C([2H])([2H])C([2H])(C)C1([2H])[2H]. The lowest BCUT2D eigenvalue weighted by Crippen LogP contribution is -2.18. The van der Waals surface area contributed by atoms with Crippen LogP contribution in [0.2, 0.25) is 0 Å². The van der Waals surface area contributed by atoms with Crippen LogP contribution in [-0.4, -0.2) is 80.5 Å².